The summed E-state index contributed by atoms with van der Waals surface area (Å²) >= 11 is 0. The van der Waals surface area contributed by atoms with Gasteiger partial charge in [0, 0.05) is 38.6 Å². The number of hydrogen-bond donors (Lipinski definition) is 1. The number of carbonyl (C=O) groups is 2. The third-order valence-corrected chi connectivity index (χ3v) is 7.11. The van der Waals surface area contributed by atoms with Gasteiger partial charge in [-0.15, -0.1) is 0 Å². The van der Waals surface area contributed by atoms with Crippen LogP contribution >= 0.6 is 0 Å². The van der Waals surface area contributed by atoms with Crippen LogP contribution in [0.15, 0.2) is 97.1 Å². The van der Waals surface area contributed by atoms with E-state index in [0.29, 0.717) is 38.9 Å². The topological polar surface area (TPSA) is 52.7 Å². The fourth-order valence-electron chi connectivity index (χ4n) is 5.19. The first kappa shape index (κ1) is 23.1. The molecule has 2 saturated heterocycles. The molecule has 1 spiro atoms. The van der Waals surface area contributed by atoms with Crippen molar-refractivity contribution in [3.63, 3.8) is 0 Å². The molecule has 2 aliphatic heterocycles. The SMILES string of the molecule is O=C(/C=C/c1ccccc1)N1CCC2(CC1)NC(Cc1ccccc1)C(=O)N2Cc1ccccc1. The number of amides is 2. The van der Waals surface area contributed by atoms with Crippen molar-refractivity contribution in [3.8, 4) is 0 Å². The maximum Gasteiger partial charge on any atom is 0.246 e. The molecule has 5 rings (SSSR count). The van der Waals surface area contributed by atoms with Gasteiger partial charge in [-0.2, -0.15) is 0 Å². The Kier molecular flexibility index (Phi) is 6.77. The number of carbonyl (C=O) groups excluding carboxylic acids is 2. The van der Waals surface area contributed by atoms with E-state index in [9.17, 15) is 9.59 Å². The second-order valence-electron chi connectivity index (χ2n) is 9.40. The van der Waals surface area contributed by atoms with Gasteiger partial charge in [0.2, 0.25) is 11.8 Å². The predicted molar refractivity (Wildman–Crippen MR) is 138 cm³/mol. The first-order valence-corrected chi connectivity index (χ1v) is 12.3. The van der Waals surface area contributed by atoms with Gasteiger partial charge in [0.05, 0.1) is 11.7 Å². The molecule has 0 aliphatic carbocycles. The fraction of sp³-hybridized carbons (Fsp3) is 0.267. The highest BCUT2D eigenvalue weighted by molar-refractivity contribution is 5.92. The molecule has 1 atom stereocenters. The van der Waals surface area contributed by atoms with Crippen molar-refractivity contribution in [2.45, 2.75) is 37.5 Å². The Morgan fingerprint density at radius 3 is 2.06 bits per heavy atom. The smallest absolute Gasteiger partial charge is 0.246 e. The summed E-state index contributed by atoms with van der Waals surface area (Å²) in [5.41, 5.74) is 2.84. The van der Waals surface area contributed by atoms with Gasteiger partial charge in [0.25, 0.3) is 0 Å². The van der Waals surface area contributed by atoms with Crippen LogP contribution in [0.25, 0.3) is 6.08 Å². The van der Waals surface area contributed by atoms with E-state index in [1.54, 1.807) is 6.08 Å². The molecule has 3 aromatic rings. The summed E-state index contributed by atoms with van der Waals surface area (Å²) in [5.74, 6) is 0.157. The van der Waals surface area contributed by atoms with Crippen molar-refractivity contribution in [3.05, 3.63) is 114 Å². The van der Waals surface area contributed by atoms with Crippen molar-refractivity contribution < 1.29 is 9.59 Å². The predicted octanol–water partition coefficient (Wildman–Crippen LogP) is 4.26. The molecular formula is C30H31N3O2. The standard InChI is InChI=1S/C30H31N3O2/c34-28(17-16-24-10-4-1-5-11-24)32-20-18-30(19-21-32)31-27(22-25-12-6-2-7-13-25)29(35)33(30)23-26-14-8-3-9-15-26/h1-17,27,31H,18-23H2/b17-16+. The highest BCUT2D eigenvalue weighted by Crippen LogP contribution is 2.34. The summed E-state index contributed by atoms with van der Waals surface area (Å²) in [6.07, 6.45) is 5.60. The van der Waals surface area contributed by atoms with Gasteiger partial charge in [-0.25, -0.2) is 0 Å². The minimum absolute atomic E-state index is 0.0171. The Hall–Kier alpha value is -3.70. The zero-order valence-corrected chi connectivity index (χ0v) is 19.8. The number of likely N-dealkylation sites (tertiary alicyclic amines) is 1. The van der Waals surface area contributed by atoms with E-state index in [2.05, 4.69) is 29.6 Å². The van der Waals surface area contributed by atoms with Crippen LogP contribution < -0.4 is 5.32 Å². The first-order chi connectivity index (χ1) is 17.1. The van der Waals surface area contributed by atoms with Gasteiger partial charge < -0.3 is 9.80 Å². The molecule has 0 bridgehead atoms. The van der Waals surface area contributed by atoms with Crippen molar-refractivity contribution >= 4 is 17.9 Å². The number of rotatable bonds is 6. The minimum atomic E-state index is -0.438. The molecule has 1 N–H and O–H groups in total. The summed E-state index contributed by atoms with van der Waals surface area (Å²) in [7, 11) is 0. The van der Waals surface area contributed by atoms with E-state index in [0.717, 1.165) is 16.7 Å². The van der Waals surface area contributed by atoms with E-state index >= 15 is 0 Å². The molecule has 1 unspecified atom stereocenters. The summed E-state index contributed by atoms with van der Waals surface area (Å²) < 4.78 is 0. The fourth-order valence-corrected chi connectivity index (χ4v) is 5.19. The number of nitrogens with one attached hydrogen (secondary N) is 1. The molecule has 178 valence electrons. The lowest BCUT2D eigenvalue weighted by Crippen LogP contribution is -2.59. The summed E-state index contributed by atoms with van der Waals surface area (Å²) in [5, 5.41) is 3.71. The normalized spacial score (nSPS) is 19.5. The molecule has 0 aromatic heterocycles. The number of piperidine rings is 1. The third-order valence-electron chi connectivity index (χ3n) is 7.11. The first-order valence-electron chi connectivity index (χ1n) is 12.3. The lowest BCUT2D eigenvalue weighted by atomic mass is 9.95. The summed E-state index contributed by atoms with van der Waals surface area (Å²) in [6, 6.07) is 29.9. The van der Waals surface area contributed by atoms with Crippen LogP contribution in [-0.4, -0.2) is 46.4 Å². The molecule has 3 aromatic carbocycles. The zero-order valence-electron chi connectivity index (χ0n) is 19.8. The Morgan fingerprint density at radius 2 is 1.43 bits per heavy atom. The van der Waals surface area contributed by atoms with Crippen LogP contribution in [0.2, 0.25) is 0 Å². The maximum absolute atomic E-state index is 13.6. The van der Waals surface area contributed by atoms with E-state index in [-0.39, 0.29) is 17.9 Å². The van der Waals surface area contributed by atoms with Gasteiger partial charge in [-0.05, 0) is 29.2 Å². The summed E-state index contributed by atoms with van der Waals surface area (Å²) in [6.45, 7) is 1.79. The average molecular weight is 466 g/mol. The van der Waals surface area contributed by atoms with Crippen molar-refractivity contribution in [1.82, 2.24) is 15.1 Å². The molecule has 2 amide bonds. The van der Waals surface area contributed by atoms with Gasteiger partial charge in [0.1, 0.15) is 0 Å². The number of benzene rings is 3. The van der Waals surface area contributed by atoms with E-state index in [1.807, 2.05) is 82.6 Å². The van der Waals surface area contributed by atoms with Crippen LogP contribution in [0.4, 0.5) is 0 Å². The molecule has 2 fully saturated rings. The number of nitrogens with zero attached hydrogens (tertiary/aromatic N) is 2. The number of hydrogen-bond acceptors (Lipinski definition) is 3. The van der Waals surface area contributed by atoms with Crippen LogP contribution in [0, 0.1) is 0 Å². The van der Waals surface area contributed by atoms with Crippen LogP contribution in [0.3, 0.4) is 0 Å². The quantitative estimate of drug-likeness (QED) is 0.554. The largest absolute Gasteiger partial charge is 0.339 e. The van der Waals surface area contributed by atoms with Crippen LogP contribution in [0.1, 0.15) is 29.5 Å². The van der Waals surface area contributed by atoms with Gasteiger partial charge in [-0.1, -0.05) is 91.0 Å². The highest BCUT2D eigenvalue weighted by Gasteiger charge is 2.51. The van der Waals surface area contributed by atoms with Crippen molar-refractivity contribution in [1.29, 1.82) is 0 Å². The average Bonchev–Trinajstić information content (AvgIpc) is 3.14. The van der Waals surface area contributed by atoms with Crippen molar-refractivity contribution in [2.24, 2.45) is 0 Å². The monoisotopic (exact) mass is 465 g/mol. The zero-order chi connectivity index (χ0) is 24.1. The molecule has 0 saturated carbocycles. The maximum atomic E-state index is 13.6. The second kappa shape index (κ2) is 10.3. The summed E-state index contributed by atoms with van der Waals surface area (Å²) in [4.78, 5) is 30.4. The molecular weight excluding hydrogens is 434 g/mol. The molecule has 2 aliphatic rings. The Morgan fingerprint density at radius 1 is 0.857 bits per heavy atom. The Bertz CT molecular complexity index is 1170. The lowest BCUT2D eigenvalue weighted by Gasteiger charge is -2.44. The van der Waals surface area contributed by atoms with Crippen molar-refractivity contribution in [2.75, 3.05) is 13.1 Å². The lowest BCUT2D eigenvalue weighted by molar-refractivity contribution is -0.135. The van der Waals surface area contributed by atoms with Gasteiger partial charge in [-0.3, -0.25) is 14.9 Å². The highest BCUT2D eigenvalue weighted by atomic mass is 16.2. The molecule has 5 heteroatoms. The van der Waals surface area contributed by atoms with Gasteiger partial charge in [0.15, 0.2) is 0 Å². The molecule has 2 heterocycles. The molecule has 5 nitrogen and oxygen atoms in total. The molecule has 0 radical (unpaired) electrons. The van der Waals surface area contributed by atoms with E-state index in [1.165, 1.54) is 0 Å². The Labute approximate surface area is 207 Å². The van der Waals surface area contributed by atoms with Crippen LogP contribution in [0.5, 0.6) is 0 Å². The third kappa shape index (κ3) is 5.20. The van der Waals surface area contributed by atoms with Crippen LogP contribution in [-0.2, 0) is 22.6 Å². The van der Waals surface area contributed by atoms with E-state index < -0.39 is 5.66 Å². The minimum Gasteiger partial charge on any atom is -0.339 e. The Balaban J connectivity index is 1.31. The van der Waals surface area contributed by atoms with Gasteiger partial charge >= 0.3 is 0 Å². The van der Waals surface area contributed by atoms with E-state index in [4.69, 9.17) is 0 Å². The second-order valence-corrected chi connectivity index (χ2v) is 9.40. The molecule has 35 heavy (non-hydrogen) atoms.